The van der Waals surface area contributed by atoms with E-state index in [1.807, 2.05) is 0 Å². The van der Waals surface area contributed by atoms with Gasteiger partial charge in [-0.2, -0.15) is 0 Å². The van der Waals surface area contributed by atoms with Crippen LogP contribution in [-0.2, 0) is 0 Å². The summed E-state index contributed by atoms with van der Waals surface area (Å²) in [6.07, 6.45) is 0. The first-order valence-electron chi connectivity index (χ1n) is 2.93. The van der Waals surface area contributed by atoms with Crippen LogP contribution >= 0.6 is 15.9 Å². The summed E-state index contributed by atoms with van der Waals surface area (Å²) in [4.78, 5) is 14.1. The Morgan fingerprint density at radius 3 is 2.67 bits per heavy atom. The zero-order chi connectivity index (χ0) is 9.30. The van der Waals surface area contributed by atoms with E-state index in [4.69, 9.17) is 11.5 Å². The summed E-state index contributed by atoms with van der Waals surface area (Å²) in [6.45, 7) is 0. The van der Waals surface area contributed by atoms with Gasteiger partial charge in [-0.25, -0.2) is 9.37 Å². The Balaban J connectivity index is 3.31. The van der Waals surface area contributed by atoms with E-state index in [0.717, 1.165) is 6.07 Å². The van der Waals surface area contributed by atoms with Crippen molar-refractivity contribution < 1.29 is 9.18 Å². The van der Waals surface area contributed by atoms with Gasteiger partial charge >= 0.3 is 0 Å². The molecule has 0 aromatic carbocycles. The summed E-state index contributed by atoms with van der Waals surface area (Å²) in [5.74, 6) is -1.44. The molecular formula is C6H5BrFN3O. The lowest BCUT2D eigenvalue weighted by molar-refractivity contribution is 0.0995. The van der Waals surface area contributed by atoms with Gasteiger partial charge in [0, 0.05) is 0 Å². The Morgan fingerprint density at radius 2 is 2.25 bits per heavy atom. The van der Waals surface area contributed by atoms with Gasteiger partial charge in [0.15, 0.2) is 5.82 Å². The number of nitrogens with two attached hydrogens (primary N) is 2. The number of pyridine rings is 1. The van der Waals surface area contributed by atoms with Crippen LogP contribution in [0.5, 0.6) is 0 Å². The maximum atomic E-state index is 12.8. The van der Waals surface area contributed by atoms with Gasteiger partial charge in [-0.05, 0) is 22.0 Å². The molecular weight excluding hydrogens is 229 g/mol. The van der Waals surface area contributed by atoms with Crippen LogP contribution in [0, 0.1) is 5.82 Å². The largest absolute Gasteiger partial charge is 0.396 e. The van der Waals surface area contributed by atoms with Crippen LogP contribution in [0.3, 0.4) is 0 Å². The topological polar surface area (TPSA) is 82.0 Å². The molecule has 0 fully saturated rings. The predicted octanol–water partition coefficient (Wildman–Crippen LogP) is 0.664. The van der Waals surface area contributed by atoms with E-state index in [2.05, 4.69) is 20.9 Å². The summed E-state index contributed by atoms with van der Waals surface area (Å²) < 4.78 is 12.7. The maximum Gasteiger partial charge on any atom is 0.267 e. The summed E-state index contributed by atoms with van der Waals surface area (Å²) in [6, 6.07) is 1.09. The first-order chi connectivity index (χ1) is 5.52. The number of carbonyl (C=O) groups is 1. The molecule has 0 spiro atoms. The van der Waals surface area contributed by atoms with E-state index in [0.29, 0.717) is 0 Å². The SMILES string of the molecule is NC(=O)c1cc(N)c(F)c(Br)n1. The fourth-order valence-corrected chi connectivity index (χ4v) is 1.06. The van der Waals surface area contributed by atoms with Crippen LogP contribution < -0.4 is 11.5 Å². The van der Waals surface area contributed by atoms with Crippen LogP contribution in [0.1, 0.15) is 10.5 Å². The minimum atomic E-state index is -0.748. The molecule has 4 nitrogen and oxygen atoms in total. The van der Waals surface area contributed by atoms with E-state index in [1.165, 1.54) is 0 Å². The number of halogens is 2. The van der Waals surface area contributed by atoms with Crippen molar-refractivity contribution in [2.24, 2.45) is 5.73 Å². The molecule has 12 heavy (non-hydrogen) atoms. The van der Waals surface area contributed by atoms with Gasteiger partial charge in [-0.3, -0.25) is 4.79 Å². The average molecular weight is 234 g/mol. The van der Waals surface area contributed by atoms with Crippen molar-refractivity contribution in [1.29, 1.82) is 0 Å². The molecule has 1 amide bonds. The highest BCUT2D eigenvalue weighted by Gasteiger charge is 2.10. The van der Waals surface area contributed by atoms with Crippen molar-refractivity contribution in [2.45, 2.75) is 0 Å². The first kappa shape index (κ1) is 8.92. The van der Waals surface area contributed by atoms with Crippen molar-refractivity contribution in [1.82, 2.24) is 4.98 Å². The number of amides is 1. The average Bonchev–Trinajstić information content (AvgIpc) is 1.99. The molecule has 0 aliphatic rings. The second-order valence-corrected chi connectivity index (χ2v) is 2.82. The Hall–Kier alpha value is -1.17. The number of carbonyl (C=O) groups excluding carboxylic acids is 1. The van der Waals surface area contributed by atoms with Gasteiger partial charge in [0.2, 0.25) is 0 Å². The summed E-state index contributed by atoms with van der Waals surface area (Å²) in [7, 11) is 0. The van der Waals surface area contributed by atoms with Gasteiger partial charge in [0.05, 0.1) is 5.69 Å². The van der Waals surface area contributed by atoms with Gasteiger partial charge < -0.3 is 11.5 Å². The monoisotopic (exact) mass is 233 g/mol. The van der Waals surface area contributed by atoms with Gasteiger partial charge in [-0.15, -0.1) is 0 Å². The maximum absolute atomic E-state index is 12.8. The Labute approximate surface area is 75.9 Å². The van der Waals surface area contributed by atoms with Crippen molar-refractivity contribution in [2.75, 3.05) is 5.73 Å². The van der Waals surface area contributed by atoms with E-state index in [9.17, 15) is 9.18 Å². The lowest BCUT2D eigenvalue weighted by atomic mass is 10.3. The third kappa shape index (κ3) is 1.53. The highest BCUT2D eigenvalue weighted by Crippen LogP contribution is 2.19. The third-order valence-electron chi connectivity index (χ3n) is 1.20. The minimum absolute atomic E-state index is 0.0687. The number of nitrogens with zero attached hydrogens (tertiary/aromatic N) is 1. The Bertz CT molecular complexity index is 319. The lowest BCUT2D eigenvalue weighted by Gasteiger charge is -2.00. The van der Waals surface area contributed by atoms with Crippen molar-refractivity contribution >= 4 is 27.5 Å². The van der Waals surface area contributed by atoms with E-state index >= 15 is 0 Å². The molecule has 0 saturated heterocycles. The number of hydrogen-bond donors (Lipinski definition) is 2. The van der Waals surface area contributed by atoms with Gasteiger partial charge in [-0.1, -0.05) is 0 Å². The quantitative estimate of drug-likeness (QED) is 0.700. The van der Waals surface area contributed by atoms with Gasteiger partial charge in [0.25, 0.3) is 5.91 Å². The summed E-state index contributed by atoms with van der Waals surface area (Å²) >= 11 is 2.79. The molecule has 1 aromatic rings. The molecule has 64 valence electrons. The predicted molar refractivity (Wildman–Crippen MR) is 44.8 cm³/mol. The fourth-order valence-electron chi connectivity index (χ4n) is 0.643. The first-order valence-corrected chi connectivity index (χ1v) is 3.73. The van der Waals surface area contributed by atoms with E-state index in [-0.39, 0.29) is 16.0 Å². The van der Waals surface area contributed by atoms with Crippen molar-refractivity contribution in [3.05, 3.63) is 22.2 Å². The zero-order valence-electron chi connectivity index (χ0n) is 5.84. The number of rotatable bonds is 1. The molecule has 0 bridgehead atoms. The second-order valence-electron chi connectivity index (χ2n) is 2.07. The molecule has 6 heteroatoms. The molecule has 1 aromatic heterocycles. The number of primary amides is 1. The molecule has 0 radical (unpaired) electrons. The molecule has 0 unspecified atom stereocenters. The van der Waals surface area contributed by atoms with Crippen LogP contribution in [-0.4, -0.2) is 10.9 Å². The molecule has 0 atom stereocenters. The molecule has 1 rings (SSSR count). The number of hydrogen-bond acceptors (Lipinski definition) is 3. The van der Waals surface area contributed by atoms with Crippen LogP contribution in [0.4, 0.5) is 10.1 Å². The highest BCUT2D eigenvalue weighted by molar-refractivity contribution is 9.10. The molecule has 1 heterocycles. The van der Waals surface area contributed by atoms with Crippen LogP contribution in [0.25, 0.3) is 0 Å². The summed E-state index contributed by atoms with van der Waals surface area (Å²) in [5, 5.41) is 0. The number of anilines is 1. The molecule has 0 aliphatic heterocycles. The Kier molecular flexibility index (Phi) is 2.27. The Morgan fingerprint density at radius 1 is 1.67 bits per heavy atom. The number of aromatic nitrogens is 1. The molecule has 4 N–H and O–H groups in total. The van der Waals surface area contributed by atoms with Crippen LogP contribution in [0.2, 0.25) is 0 Å². The fraction of sp³-hybridized carbons (Fsp3) is 0. The zero-order valence-corrected chi connectivity index (χ0v) is 7.43. The standard InChI is InChI=1S/C6H5BrFN3O/c7-5-4(8)2(9)1-3(11-5)6(10)12/h1H,(H2,9,11)(H2,10,12). The molecule has 0 aliphatic carbocycles. The minimum Gasteiger partial charge on any atom is -0.396 e. The van der Waals surface area contributed by atoms with Crippen molar-refractivity contribution in [3.63, 3.8) is 0 Å². The van der Waals surface area contributed by atoms with Gasteiger partial charge in [0.1, 0.15) is 10.3 Å². The normalized spacial score (nSPS) is 9.83. The van der Waals surface area contributed by atoms with Crippen LogP contribution in [0.15, 0.2) is 10.7 Å². The van der Waals surface area contributed by atoms with E-state index in [1.54, 1.807) is 0 Å². The summed E-state index contributed by atoms with van der Waals surface area (Å²) in [5.41, 5.74) is 9.88. The lowest BCUT2D eigenvalue weighted by Crippen LogP contribution is -2.14. The van der Waals surface area contributed by atoms with E-state index < -0.39 is 11.7 Å². The highest BCUT2D eigenvalue weighted by atomic mass is 79.9. The molecule has 0 saturated carbocycles. The smallest absolute Gasteiger partial charge is 0.267 e. The second kappa shape index (κ2) is 3.06. The van der Waals surface area contributed by atoms with Crippen molar-refractivity contribution in [3.8, 4) is 0 Å². The number of nitrogen functional groups attached to an aromatic ring is 1. The third-order valence-corrected chi connectivity index (χ3v) is 1.72.